The first-order valence-corrected chi connectivity index (χ1v) is 9.04. The summed E-state index contributed by atoms with van der Waals surface area (Å²) in [5.74, 6) is 2.79. The number of hydrogen-bond acceptors (Lipinski definition) is 8. The number of rotatable bonds is 6. The Kier molecular flexibility index (Phi) is 5.09. The van der Waals surface area contributed by atoms with Crippen LogP contribution in [0.4, 0.5) is 5.82 Å². The highest BCUT2D eigenvalue weighted by Crippen LogP contribution is 2.54. The number of nitrogens with one attached hydrogen (secondary N) is 1. The van der Waals surface area contributed by atoms with Crippen molar-refractivity contribution < 1.29 is 33.0 Å². The average molecular weight is 412 g/mol. The maximum absolute atomic E-state index is 11.7. The normalized spacial score (nSPS) is 11.9. The van der Waals surface area contributed by atoms with E-state index in [0.29, 0.717) is 45.6 Å². The van der Waals surface area contributed by atoms with E-state index in [1.54, 1.807) is 25.3 Å². The van der Waals surface area contributed by atoms with Crippen molar-refractivity contribution in [1.29, 1.82) is 0 Å². The highest BCUT2D eigenvalue weighted by molar-refractivity contribution is 5.97. The lowest BCUT2D eigenvalue weighted by Crippen LogP contribution is -2.07. The lowest BCUT2D eigenvalue weighted by Gasteiger charge is -2.13. The second-order valence-electron chi connectivity index (χ2n) is 6.37. The van der Waals surface area contributed by atoms with E-state index >= 15 is 0 Å². The van der Waals surface area contributed by atoms with Crippen LogP contribution < -0.4 is 29.0 Å². The fraction of sp³-hybridized carbons (Fsp3) is 0.238. The minimum absolute atomic E-state index is 0.0460. The molecule has 4 rings (SSSR count). The third-order valence-corrected chi connectivity index (χ3v) is 4.60. The van der Waals surface area contributed by atoms with Crippen LogP contribution in [0.25, 0.3) is 22.5 Å². The average Bonchev–Trinajstić information content (AvgIpc) is 3.39. The summed E-state index contributed by atoms with van der Waals surface area (Å²) in [7, 11) is 4.64. The number of methoxy groups -OCH3 is 3. The van der Waals surface area contributed by atoms with E-state index in [9.17, 15) is 4.79 Å². The van der Waals surface area contributed by atoms with Crippen LogP contribution in [0.15, 0.2) is 34.9 Å². The summed E-state index contributed by atoms with van der Waals surface area (Å²) in [6.07, 6.45) is 0. The van der Waals surface area contributed by atoms with Crippen molar-refractivity contribution in [2.45, 2.75) is 6.92 Å². The molecular weight excluding hydrogens is 392 g/mol. The number of aromatic nitrogens is 1. The molecule has 1 aromatic heterocycles. The molecule has 0 aliphatic carbocycles. The van der Waals surface area contributed by atoms with E-state index in [0.717, 1.165) is 5.56 Å². The predicted octanol–water partition coefficient (Wildman–Crippen LogP) is 3.72. The molecule has 1 aliphatic heterocycles. The van der Waals surface area contributed by atoms with Crippen LogP contribution in [0.3, 0.4) is 0 Å². The van der Waals surface area contributed by atoms with Gasteiger partial charge in [-0.1, -0.05) is 17.3 Å². The fourth-order valence-electron chi connectivity index (χ4n) is 3.29. The molecular formula is C21H20N2O7. The van der Waals surface area contributed by atoms with E-state index in [1.165, 1.54) is 21.1 Å². The largest absolute Gasteiger partial charge is 0.497 e. The van der Waals surface area contributed by atoms with Gasteiger partial charge in [0.25, 0.3) is 0 Å². The van der Waals surface area contributed by atoms with Gasteiger partial charge >= 0.3 is 0 Å². The number of nitrogens with zero attached hydrogens (tertiary/aromatic N) is 1. The first kappa shape index (κ1) is 19.4. The number of ether oxygens (including phenoxy) is 5. The Bertz CT molecular complexity index is 1090. The first-order chi connectivity index (χ1) is 14.6. The van der Waals surface area contributed by atoms with Gasteiger partial charge < -0.3 is 33.5 Å². The van der Waals surface area contributed by atoms with Crippen LogP contribution in [0.1, 0.15) is 6.92 Å². The van der Waals surface area contributed by atoms with Gasteiger partial charge in [0.1, 0.15) is 5.75 Å². The molecule has 0 spiro atoms. The molecule has 1 amide bonds. The summed E-state index contributed by atoms with van der Waals surface area (Å²) >= 11 is 0. The number of benzene rings is 2. The highest BCUT2D eigenvalue weighted by atomic mass is 16.7. The lowest BCUT2D eigenvalue weighted by atomic mass is 9.99. The molecule has 0 unspecified atom stereocenters. The number of hydrogen-bond donors (Lipinski definition) is 1. The molecule has 2 heterocycles. The number of fused-ring (bicyclic) bond motifs is 1. The van der Waals surface area contributed by atoms with Crippen LogP contribution in [0, 0.1) is 0 Å². The second-order valence-corrected chi connectivity index (χ2v) is 6.37. The molecule has 2 aromatic carbocycles. The zero-order valence-corrected chi connectivity index (χ0v) is 16.9. The Balaban J connectivity index is 1.95. The maximum atomic E-state index is 11.7. The second kappa shape index (κ2) is 7.86. The van der Waals surface area contributed by atoms with E-state index in [1.807, 2.05) is 12.1 Å². The minimum Gasteiger partial charge on any atom is -0.497 e. The maximum Gasteiger partial charge on any atom is 0.231 e. The summed E-state index contributed by atoms with van der Waals surface area (Å²) in [5, 5.41) is 6.78. The molecule has 0 atom stereocenters. The number of anilines is 1. The molecule has 3 aromatic rings. The lowest BCUT2D eigenvalue weighted by molar-refractivity contribution is -0.114. The Hall–Kier alpha value is -3.88. The standard InChI is InChI=1S/C21H20N2O7/c1-11(24)22-21-16(12-5-7-13(25-2)8-6-12)17(30-23-21)14-9-15(26-3)19-20(18(14)27-4)29-10-28-19/h5-9H,10H2,1-4H3,(H,22,23,24). The third kappa shape index (κ3) is 3.24. The number of carbonyl (C=O) groups is 1. The molecule has 0 radical (unpaired) electrons. The summed E-state index contributed by atoms with van der Waals surface area (Å²) in [4.78, 5) is 11.7. The van der Waals surface area contributed by atoms with E-state index in [2.05, 4.69) is 10.5 Å². The van der Waals surface area contributed by atoms with E-state index in [4.69, 9.17) is 28.2 Å². The Morgan fingerprint density at radius 1 is 1.03 bits per heavy atom. The van der Waals surface area contributed by atoms with E-state index < -0.39 is 0 Å². The van der Waals surface area contributed by atoms with Crippen molar-refractivity contribution in [2.24, 2.45) is 0 Å². The van der Waals surface area contributed by atoms with Crippen LogP contribution >= 0.6 is 0 Å². The Labute approximate surface area is 172 Å². The molecule has 9 heteroatoms. The summed E-state index contributed by atoms with van der Waals surface area (Å²) in [6.45, 7) is 1.45. The van der Waals surface area contributed by atoms with Gasteiger partial charge in [-0.3, -0.25) is 4.79 Å². The molecule has 0 saturated carbocycles. The SMILES string of the molecule is COc1ccc(-c2c(NC(C)=O)noc2-c2cc(OC)c3c(c2OC)OCO3)cc1. The molecule has 1 N–H and O–H groups in total. The van der Waals surface area contributed by atoms with Crippen molar-refractivity contribution in [1.82, 2.24) is 5.16 Å². The highest BCUT2D eigenvalue weighted by Gasteiger charge is 2.31. The predicted molar refractivity (Wildman–Crippen MR) is 107 cm³/mol. The van der Waals surface area contributed by atoms with Gasteiger partial charge in [-0.2, -0.15) is 0 Å². The fourth-order valence-corrected chi connectivity index (χ4v) is 3.29. The van der Waals surface area contributed by atoms with Crippen molar-refractivity contribution in [3.05, 3.63) is 30.3 Å². The van der Waals surface area contributed by atoms with Crippen molar-refractivity contribution >= 4 is 11.7 Å². The van der Waals surface area contributed by atoms with Gasteiger partial charge in [0.2, 0.25) is 24.2 Å². The zero-order chi connectivity index (χ0) is 21.3. The molecule has 30 heavy (non-hydrogen) atoms. The van der Waals surface area contributed by atoms with Gasteiger partial charge in [0, 0.05) is 6.92 Å². The van der Waals surface area contributed by atoms with Crippen molar-refractivity contribution in [3.8, 4) is 51.2 Å². The van der Waals surface area contributed by atoms with Gasteiger partial charge in [0.05, 0.1) is 32.5 Å². The van der Waals surface area contributed by atoms with Gasteiger partial charge in [-0.25, -0.2) is 0 Å². The van der Waals surface area contributed by atoms with Crippen LogP contribution in [0.5, 0.6) is 28.7 Å². The molecule has 0 fully saturated rings. The van der Waals surface area contributed by atoms with Gasteiger partial charge in [-0.15, -0.1) is 0 Å². The van der Waals surface area contributed by atoms with Crippen LogP contribution in [-0.2, 0) is 4.79 Å². The first-order valence-electron chi connectivity index (χ1n) is 9.04. The third-order valence-electron chi connectivity index (χ3n) is 4.60. The zero-order valence-electron chi connectivity index (χ0n) is 16.9. The quantitative estimate of drug-likeness (QED) is 0.654. The van der Waals surface area contributed by atoms with Gasteiger partial charge in [0.15, 0.2) is 23.1 Å². The Morgan fingerprint density at radius 3 is 2.40 bits per heavy atom. The van der Waals surface area contributed by atoms with Crippen LogP contribution in [-0.4, -0.2) is 39.2 Å². The smallest absolute Gasteiger partial charge is 0.231 e. The minimum atomic E-state index is -0.278. The number of carbonyl (C=O) groups excluding carboxylic acids is 1. The molecule has 1 aliphatic rings. The van der Waals surface area contributed by atoms with Crippen molar-refractivity contribution in [3.63, 3.8) is 0 Å². The molecule has 0 saturated heterocycles. The van der Waals surface area contributed by atoms with E-state index in [-0.39, 0.29) is 18.5 Å². The summed E-state index contributed by atoms with van der Waals surface area (Å²) < 4.78 is 33.1. The molecule has 156 valence electrons. The van der Waals surface area contributed by atoms with Crippen LogP contribution in [0.2, 0.25) is 0 Å². The summed E-state index contributed by atoms with van der Waals surface area (Å²) in [5.41, 5.74) is 1.87. The molecule has 0 bridgehead atoms. The summed E-state index contributed by atoms with van der Waals surface area (Å²) in [6, 6.07) is 9.02. The Morgan fingerprint density at radius 2 is 1.77 bits per heavy atom. The molecule has 9 nitrogen and oxygen atoms in total. The van der Waals surface area contributed by atoms with Gasteiger partial charge in [-0.05, 0) is 23.8 Å². The van der Waals surface area contributed by atoms with Crippen molar-refractivity contribution in [2.75, 3.05) is 33.4 Å². The number of amides is 1. The topological polar surface area (TPSA) is 101 Å². The monoisotopic (exact) mass is 412 g/mol.